The van der Waals surface area contributed by atoms with Crippen molar-refractivity contribution in [3.8, 4) is 0 Å². The fourth-order valence-corrected chi connectivity index (χ4v) is 3.56. The quantitative estimate of drug-likeness (QED) is 0.105. The monoisotopic (exact) mass is 492 g/mol. The molecule has 2 aliphatic heterocycles. The molecular weight excluding hydrogens is 456 g/mol. The van der Waals surface area contributed by atoms with Crippen LogP contribution in [0.25, 0.3) is 0 Å². The molecule has 0 radical (unpaired) electrons. The van der Waals surface area contributed by atoms with Gasteiger partial charge >= 0.3 is 5.97 Å². The number of carbonyl (C=O) groups excluding carboxylic acids is 1. The molecule has 12 heteroatoms. The maximum absolute atomic E-state index is 12.2. The predicted molar refractivity (Wildman–Crippen MR) is 115 cm³/mol. The number of hydrogen-bond acceptors (Lipinski definition) is 12. The summed E-state index contributed by atoms with van der Waals surface area (Å²) in [4.78, 5) is 12.2. The molecule has 0 amide bonds. The van der Waals surface area contributed by atoms with Gasteiger partial charge in [-0.25, -0.2) is 4.79 Å². The number of hydrogen-bond donors (Lipinski definition) is 7. The van der Waals surface area contributed by atoms with E-state index in [2.05, 4.69) is 0 Å². The molecule has 0 saturated carbocycles. The Morgan fingerprint density at radius 3 is 1.97 bits per heavy atom. The van der Waals surface area contributed by atoms with Gasteiger partial charge in [0.25, 0.3) is 0 Å². The lowest BCUT2D eigenvalue weighted by molar-refractivity contribution is -0.326. The molecule has 2 aliphatic rings. The van der Waals surface area contributed by atoms with Crippen LogP contribution in [0.1, 0.15) is 33.6 Å². The molecule has 0 bridgehead atoms. The van der Waals surface area contributed by atoms with Crippen molar-refractivity contribution in [3.05, 3.63) is 23.3 Å². The second kappa shape index (κ2) is 13.0. The maximum Gasteiger partial charge on any atom is 0.333 e. The number of aliphatic hydroxyl groups is 7. The van der Waals surface area contributed by atoms with Crippen LogP contribution in [0.2, 0.25) is 0 Å². The predicted octanol–water partition coefficient (Wildman–Crippen LogP) is -2.15. The van der Waals surface area contributed by atoms with Crippen molar-refractivity contribution in [2.45, 2.75) is 95.0 Å². The lowest BCUT2D eigenvalue weighted by Crippen LogP contribution is -2.61. The molecule has 0 aromatic heterocycles. The SMILES string of the molecule is CC(C)=CCC/C(C)=C/C(=O)O[C@@H]1O[C@H](CO[C@@H]2O[C@H](CO)[C@@H](O)[C@H](O)[C@H]2O)[C@@H](O)[C@H](O)[C@H]1O. The highest BCUT2D eigenvalue weighted by molar-refractivity contribution is 5.82. The van der Waals surface area contributed by atoms with E-state index in [4.69, 9.17) is 18.9 Å². The molecule has 34 heavy (non-hydrogen) atoms. The highest BCUT2D eigenvalue weighted by Gasteiger charge is 2.48. The lowest BCUT2D eigenvalue weighted by Gasteiger charge is -2.42. The molecule has 7 N–H and O–H groups in total. The molecule has 0 unspecified atom stereocenters. The first kappa shape index (κ1) is 28.8. The van der Waals surface area contributed by atoms with Crippen LogP contribution in [-0.4, -0.2) is 116 Å². The molecule has 12 nitrogen and oxygen atoms in total. The van der Waals surface area contributed by atoms with E-state index in [-0.39, 0.29) is 0 Å². The average Bonchev–Trinajstić information content (AvgIpc) is 2.77. The molecule has 2 heterocycles. The first-order chi connectivity index (χ1) is 16.0. The first-order valence-corrected chi connectivity index (χ1v) is 11.1. The van der Waals surface area contributed by atoms with Gasteiger partial charge in [0.05, 0.1) is 13.2 Å². The Morgan fingerprint density at radius 1 is 0.824 bits per heavy atom. The third kappa shape index (κ3) is 7.52. The van der Waals surface area contributed by atoms with Gasteiger partial charge in [-0.2, -0.15) is 0 Å². The van der Waals surface area contributed by atoms with Crippen molar-refractivity contribution in [2.75, 3.05) is 13.2 Å². The van der Waals surface area contributed by atoms with Crippen molar-refractivity contribution in [1.82, 2.24) is 0 Å². The minimum atomic E-state index is -1.74. The molecule has 0 aromatic carbocycles. The van der Waals surface area contributed by atoms with Crippen LogP contribution in [0.4, 0.5) is 0 Å². The van der Waals surface area contributed by atoms with E-state index in [9.17, 15) is 40.5 Å². The molecular formula is C22H36O12. The second-order valence-corrected chi connectivity index (χ2v) is 8.79. The topological polar surface area (TPSA) is 196 Å². The van der Waals surface area contributed by atoms with Gasteiger partial charge in [0, 0.05) is 6.08 Å². The molecule has 2 fully saturated rings. The lowest BCUT2D eigenvalue weighted by atomic mass is 9.98. The van der Waals surface area contributed by atoms with Crippen LogP contribution in [-0.2, 0) is 23.7 Å². The van der Waals surface area contributed by atoms with Crippen molar-refractivity contribution >= 4 is 5.97 Å². The molecule has 196 valence electrons. The third-order valence-electron chi connectivity index (χ3n) is 5.63. The summed E-state index contributed by atoms with van der Waals surface area (Å²) in [5.41, 5.74) is 1.88. The highest BCUT2D eigenvalue weighted by Crippen LogP contribution is 2.26. The normalized spacial score (nSPS) is 38.9. The van der Waals surface area contributed by atoms with Gasteiger partial charge in [-0.1, -0.05) is 17.2 Å². The maximum atomic E-state index is 12.2. The van der Waals surface area contributed by atoms with E-state index < -0.39 is 80.6 Å². The zero-order valence-electron chi connectivity index (χ0n) is 19.4. The summed E-state index contributed by atoms with van der Waals surface area (Å²) in [6.07, 6.45) is -11.0. The molecule has 0 aromatic rings. The number of allylic oxidation sites excluding steroid dienone is 3. The van der Waals surface area contributed by atoms with Crippen molar-refractivity contribution in [3.63, 3.8) is 0 Å². The Morgan fingerprint density at radius 2 is 1.38 bits per heavy atom. The number of ether oxygens (including phenoxy) is 4. The summed E-state index contributed by atoms with van der Waals surface area (Å²) in [6, 6.07) is 0. The summed E-state index contributed by atoms with van der Waals surface area (Å²) in [6.45, 7) is 4.50. The van der Waals surface area contributed by atoms with Gasteiger partial charge in [0.2, 0.25) is 6.29 Å². The van der Waals surface area contributed by atoms with Gasteiger partial charge in [0.15, 0.2) is 6.29 Å². The average molecular weight is 493 g/mol. The van der Waals surface area contributed by atoms with Crippen LogP contribution in [0, 0.1) is 0 Å². The Hall–Kier alpha value is -1.45. The fraction of sp³-hybridized carbons (Fsp3) is 0.773. The Bertz CT molecular complexity index is 719. The summed E-state index contributed by atoms with van der Waals surface area (Å²) in [5.74, 6) is -0.809. The van der Waals surface area contributed by atoms with E-state index in [1.807, 2.05) is 19.9 Å². The summed E-state index contributed by atoms with van der Waals surface area (Å²) < 4.78 is 21.1. The van der Waals surface area contributed by atoms with Crippen LogP contribution < -0.4 is 0 Å². The van der Waals surface area contributed by atoms with Gasteiger partial charge in [-0.15, -0.1) is 0 Å². The van der Waals surface area contributed by atoms with E-state index in [1.54, 1.807) is 6.92 Å². The van der Waals surface area contributed by atoms with Gasteiger partial charge < -0.3 is 54.7 Å². The van der Waals surface area contributed by atoms with Crippen molar-refractivity contribution < 1.29 is 59.5 Å². The zero-order chi connectivity index (χ0) is 25.6. The standard InChI is InChI=1S/C22H36O12/c1-10(2)5-4-6-11(3)7-14(24)34-22-20(30)18(28)16(26)13(33-22)9-31-21-19(29)17(27)15(25)12(8-23)32-21/h5,7,12-13,15-23,25-30H,4,6,8-9H2,1-3H3/b11-7+/t12-,13-,15-,16-,17+,18+,19-,20-,21-,22+/m1/s1. The van der Waals surface area contributed by atoms with Gasteiger partial charge in [-0.05, 0) is 33.6 Å². The Kier molecular flexibility index (Phi) is 11.0. The number of esters is 1. The Balaban J connectivity index is 1.97. The molecule has 2 rings (SSSR count). The number of rotatable bonds is 9. The van der Waals surface area contributed by atoms with Crippen molar-refractivity contribution in [2.24, 2.45) is 0 Å². The van der Waals surface area contributed by atoms with Crippen molar-refractivity contribution in [1.29, 1.82) is 0 Å². The number of aliphatic hydroxyl groups excluding tert-OH is 7. The van der Waals surface area contributed by atoms with E-state index in [0.717, 1.165) is 17.6 Å². The van der Waals surface area contributed by atoms with Crippen LogP contribution in [0.15, 0.2) is 23.3 Å². The smallest absolute Gasteiger partial charge is 0.333 e. The first-order valence-electron chi connectivity index (χ1n) is 11.1. The fourth-order valence-electron chi connectivity index (χ4n) is 3.56. The van der Waals surface area contributed by atoms with E-state index in [0.29, 0.717) is 6.42 Å². The van der Waals surface area contributed by atoms with E-state index >= 15 is 0 Å². The molecule has 0 spiro atoms. The summed E-state index contributed by atoms with van der Waals surface area (Å²) in [7, 11) is 0. The van der Waals surface area contributed by atoms with Crippen LogP contribution in [0.5, 0.6) is 0 Å². The third-order valence-corrected chi connectivity index (χ3v) is 5.63. The highest BCUT2D eigenvalue weighted by atomic mass is 16.7. The Labute approximate surface area is 197 Å². The van der Waals surface area contributed by atoms with Crippen LogP contribution in [0.3, 0.4) is 0 Å². The summed E-state index contributed by atoms with van der Waals surface area (Å²) in [5, 5.41) is 69.5. The van der Waals surface area contributed by atoms with E-state index in [1.165, 1.54) is 6.08 Å². The zero-order valence-corrected chi connectivity index (χ0v) is 19.4. The van der Waals surface area contributed by atoms with Gasteiger partial charge in [0.1, 0.15) is 48.8 Å². The van der Waals surface area contributed by atoms with Crippen LogP contribution >= 0.6 is 0 Å². The molecule has 0 aliphatic carbocycles. The summed E-state index contributed by atoms with van der Waals surface area (Å²) >= 11 is 0. The minimum Gasteiger partial charge on any atom is -0.430 e. The largest absolute Gasteiger partial charge is 0.430 e. The van der Waals surface area contributed by atoms with Gasteiger partial charge in [-0.3, -0.25) is 0 Å². The molecule has 10 atom stereocenters. The second-order valence-electron chi connectivity index (χ2n) is 8.79. The molecule has 2 saturated heterocycles. The minimum absolute atomic E-state index is 0.515. The number of carbonyl (C=O) groups is 1.